The molecule has 2 unspecified atom stereocenters. The molecule has 6 nitrogen and oxygen atoms in total. The van der Waals surface area contributed by atoms with E-state index in [-0.39, 0.29) is 24.0 Å². The van der Waals surface area contributed by atoms with Gasteiger partial charge in [0.05, 0.1) is 12.2 Å². The van der Waals surface area contributed by atoms with Gasteiger partial charge < -0.3 is 15.1 Å². The predicted octanol–water partition coefficient (Wildman–Crippen LogP) is 3.24. The Labute approximate surface area is 178 Å². The van der Waals surface area contributed by atoms with Crippen molar-refractivity contribution < 1.29 is 4.42 Å². The third-order valence-electron chi connectivity index (χ3n) is 4.98. The third kappa shape index (κ3) is 5.93. The fourth-order valence-electron chi connectivity index (χ4n) is 3.40. The van der Waals surface area contributed by atoms with Crippen molar-refractivity contribution in [1.29, 1.82) is 0 Å². The van der Waals surface area contributed by atoms with Crippen LogP contribution in [0.15, 0.2) is 39.7 Å². The molecule has 7 heteroatoms. The van der Waals surface area contributed by atoms with Crippen molar-refractivity contribution in [2.24, 2.45) is 4.99 Å². The lowest BCUT2D eigenvalue weighted by atomic mass is 10.2. The van der Waals surface area contributed by atoms with Gasteiger partial charge in [-0.2, -0.15) is 0 Å². The molecule has 148 valence electrons. The Morgan fingerprint density at radius 2 is 2.04 bits per heavy atom. The van der Waals surface area contributed by atoms with Crippen LogP contribution in [-0.2, 0) is 13.1 Å². The third-order valence-corrected chi connectivity index (χ3v) is 4.98. The van der Waals surface area contributed by atoms with Crippen LogP contribution in [0, 0.1) is 13.8 Å². The lowest BCUT2D eigenvalue weighted by molar-refractivity contribution is 0.258. The van der Waals surface area contributed by atoms with Gasteiger partial charge in [0.25, 0.3) is 0 Å². The molecule has 0 radical (unpaired) electrons. The highest BCUT2D eigenvalue weighted by molar-refractivity contribution is 14.0. The van der Waals surface area contributed by atoms with E-state index in [1.165, 1.54) is 5.56 Å². The van der Waals surface area contributed by atoms with Crippen LogP contribution in [0.4, 0.5) is 0 Å². The van der Waals surface area contributed by atoms with Crippen LogP contribution >= 0.6 is 24.0 Å². The first-order valence-electron chi connectivity index (χ1n) is 9.23. The molecule has 0 bridgehead atoms. The standard InChI is InChI=1S/C20H29N5O.HI/c1-14-10-18(13-25(14)12-17-8-6-5-7-9-17)24-20(21-4)22-11-19-23-15(2)16(3)26-19;/h5-9,14,18H,10-13H2,1-4H3,(H2,21,22,24);1H. The van der Waals surface area contributed by atoms with Crippen molar-refractivity contribution in [2.45, 2.75) is 52.4 Å². The van der Waals surface area contributed by atoms with Crippen molar-refractivity contribution in [1.82, 2.24) is 20.5 Å². The van der Waals surface area contributed by atoms with Crippen molar-refractivity contribution in [3.63, 3.8) is 0 Å². The molecule has 27 heavy (non-hydrogen) atoms. The first kappa shape index (κ1) is 21.7. The van der Waals surface area contributed by atoms with E-state index in [0.29, 0.717) is 24.5 Å². The fraction of sp³-hybridized carbons (Fsp3) is 0.500. The summed E-state index contributed by atoms with van der Waals surface area (Å²) < 4.78 is 5.62. The SMILES string of the molecule is CN=C(NCc1nc(C)c(C)o1)NC1CC(C)N(Cc2ccccc2)C1.I. The largest absolute Gasteiger partial charge is 0.444 e. The van der Waals surface area contributed by atoms with E-state index in [0.717, 1.165) is 36.9 Å². The van der Waals surface area contributed by atoms with E-state index in [4.69, 9.17) is 4.42 Å². The average molecular weight is 483 g/mol. The number of hydrogen-bond donors (Lipinski definition) is 2. The summed E-state index contributed by atoms with van der Waals surface area (Å²) in [5, 5.41) is 6.83. The van der Waals surface area contributed by atoms with Crippen LogP contribution in [0.3, 0.4) is 0 Å². The molecule has 1 fully saturated rings. The van der Waals surface area contributed by atoms with Gasteiger partial charge in [-0.25, -0.2) is 4.98 Å². The predicted molar refractivity (Wildman–Crippen MR) is 119 cm³/mol. The maximum Gasteiger partial charge on any atom is 0.214 e. The lowest BCUT2D eigenvalue weighted by Gasteiger charge is -2.21. The molecule has 1 aliphatic heterocycles. The zero-order valence-electron chi connectivity index (χ0n) is 16.5. The van der Waals surface area contributed by atoms with Crippen molar-refractivity contribution in [2.75, 3.05) is 13.6 Å². The molecular formula is C20H30IN5O. The Morgan fingerprint density at radius 1 is 1.30 bits per heavy atom. The minimum Gasteiger partial charge on any atom is -0.444 e. The minimum absolute atomic E-state index is 0. The Hall–Kier alpha value is -1.61. The average Bonchev–Trinajstić information content (AvgIpc) is 3.14. The van der Waals surface area contributed by atoms with E-state index in [1.807, 2.05) is 13.8 Å². The fourth-order valence-corrected chi connectivity index (χ4v) is 3.40. The highest BCUT2D eigenvalue weighted by atomic mass is 127. The summed E-state index contributed by atoms with van der Waals surface area (Å²) in [5.41, 5.74) is 2.29. The minimum atomic E-state index is 0. The number of aliphatic imine (C=N–C) groups is 1. The topological polar surface area (TPSA) is 65.7 Å². The number of likely N-dealkylation sites (tertiary alicyclic amines) is 1. The van der Waals surface area contributed by atoms with Gasteiger partial charge in [0.2, 0.25) is 5.89 Å². The first-order chi connectivity index (χ1) is 12.5. The summed E-state index contributed by atoms with van der Waals surface area (Å²) in [6, 6.07) is 11.6. The van der Waals surface area contributed by atoms with Crippen molar-refractivity contribution in [3.05, 3.63) is 53.2 Å². The molecule has 1 aromatic carbocycles. The van der Waals surface area contributed by atoms with Crippen molar-refractivity contribution in [3.8, 4) is 0 Å². The summed E-state index contributed by atoms with van der Waals surface area (Å²) in [4.78, 5) is 11.3. The second-order valence-electron chi connectivity index (χ2n) is 7.02. The molecule has 2 N–H and O–H groups in total. The molecular weight excluding hydrogens is 453 g/mol. The van der Waals surface area contributed by atoms with Gasteiger partial charge in [-0.3, -0.25) is 9.89 Å². The molecule has 2 aromatic rings. The summed E-state index contributed by atoms with van der Waals surface area (Å²) in [6.45, 7) is 8.70. The molecule has 1 saturated heterocycles. The molecule has 2 heterocycles. The van der Waals surface area contributed by atoms with E-state index in [1.54, 1.807) is 7.05 Å². The molecule has 0 spiro atoms. The van der Waals surface area contributed by atoms with E-state index in [9.17, 15) is 0 Å². The number of nitrogens with zero attached hydrogens (tertiary/aromatic N) is 3. The number of oxazole rings is 1. The van der Waals surface area contributed by atoms with Gasteiger partial charge in [-0.15, -0.1) is 24.0 Å². The summed E-state index contributed by atoms with van der Waals surface area (Å²) in [5.74, 6) is 2.34. The maximum atomic E-state index is 5.62. The molecule has 0 amide bonds. The number of guanidine groups is 1. The second-order valence-corrected chi connectivity index (χ2v) is 7.02. The quantitative estimate of drug-likeness (QED) is 0.389. The Kier molecular flexibility index (Phi) is 8.09. The van der Waals surface area contributed by atoms with Crippen LogP contribution in [-0.4, -0.2) is 41.5 Å². The van der Waals surface area contributed by atoms with Crippen LogP contribution in [0.25, 0.3) is 0 Å². The summed E-state index contributed by atoms with van der Waals surface area (Å²) in [6.07, 6.45) is 1.10. The lowest BCUT2D eigenvalue weighted by Crippen LogP contribution is -2.44. The first-order valence-corrected chi connectivity index (χ1v) is 9.23. The normalized spacial score (nSPS) is 20.4. The second kappa shape index (κ2) is 10.1. The van der Waals surface area contributed by atoms with Crippen LogP contribution in [0.1, 0.15) is 36.3 Å². The zero-order chi connectivity index (χ0) is 18.5. The van der Waals surface area contributed by atoms with Gasteiger partial charge in [-0.05, 0) is 32.8 Å². The number of nitrogens with one attached hydrogen (secondary N) is 2. The highest BCUT2D eigenvalue weighted by Crippen LogP contribution is 2.20. The van der Waals surface area contributed by atoms with Crippen LogP contribution in [0.5, 0.6) is 0 Å². The number of aromatic nitrogens is 1. The Bertz CT molecular complexity index is 727. The molecule has 1 aliphatic rings. The molecule has 0 saturated carbocycles. The maximum absolute atomic E-state index is 5.62. The molecule has 0 aliphatic carbocycles. The number of halogens is 1. The van der Waals surface area contributed by atoms with Gasteiger partial charge in [-0.1, -0.05) is 30.3 Å². The Morgan fingerprint density at radius 3 is 2.67 bits per heavy atom. The molecule has 1 aromatic heterocycles. The van der Waals surface area contributed by atoms with E-state index >= 15 is 0 Å². The summed E-state index contributed by atoms with van der Waals surface area (Å²) in [7, 11) is 1.79. The molecule has 3 rings (SSSR count). The Balaban J connectivity index is 0.00000261. The van der Waals surface area contributed by atoms with Gasteiger partial charge in [0.15, 0.2) is 5.96 Å². The van der Waals surface area contributed by atoms with Crippen LogP contribution < -0.4 is 10.6 Å². The number of rotatable bonds is 5. The van der Waals surface area contributed by atoms with E-state index in [2.05, 4.69) is 62.8 Å². The number of benzene rings is 1. The number of aryl methyl sites for hydroxylation is 2. The number of hydrogen-bond acceptors (Lipinski definition) is 4. The highest BCUT2D eigenvalue weighted by Gasteiger charge is 2.29. The smallest absolute Gasteiger partial charge is 0.214 e. The molecule has 2 atom stereocenters. The van der Waals surface area contributed by atoms with Crippen LogP contribution in [0.2, 0.25) is 0 Å². The van der Waals surface area contributed by atoms with Gasteiger partial charge in [0.1, 0.15) is 5.76 Å². The van der Waals surface area contributed by atoms with E-state index < -0.39 is 0 Å². The van der Waals surface area contributed by atoms with Gasteiger partial charge >= 0.3 is 0 Å². The van der Waals surface area contributed by atoms with Gasteiger partial charge in [0, 0.05) is 32.2 Å². The monoisotopic (exact) mass is 483 g/mol. The van der Waals surface area contributed by atoms with Crippen molar-refractivity contribution >= 4 is 29.9 Å². The summed E-state index contributed by atoms with van der Waals surface area (Å²) >= 11 is 0. The zero-order valence-corrected chi connectivity index (χ0v) is 18.9.